The Morgan fingerprint density at radius 2 is 1.83 bits per heavy atom. The van der Waals surface area contributed by atoms with Gasteiger partial charge in [0.15, 0.2) is 0 Å². The maximum Gasteiger partial charge on any atom is 0.345 e. The molecule has 1 heterocycles. The highest BCUT2D eigenvalue weighted by molar-refractivity contribution is 7.15. The average Bonchev–Trinajstić information content (AvgIpc) is 2.73. The first-order chi connectivity index (χ1) is 8.32. The van der Waals surface area contributed by atoms with Crippen molar-refractivity contribution >= 4 is 29.1 Å². The number of thiophene rings is 1. The zero-order chi connectivity index (χ0) is 13.9. The summed E-state index contributed by atoms with van der Waals surface area (Å²) in [5.41, 5.74) is 5.17. The summed E-state index contributed by atoms with van der Waals surface area (Å²) in [7, 11) is 0. The third-order valence-electron chi connectivity index (χ3n) is 2.30. The highest BCUT2D eigenvalue weighted by Crippen LogP contribution is 2.16. The average molecular weight is 270 g/mol. The predicted molar refractivity (Wildman–Crippen MR) is 66.6 cm³/mol. The highest BCUT2D eigenvalue weighted by atomic mass is 32.1. The Labute approximate surface area is 108 Å². The number of carboxylic acids is 1. The Balaban J connectivity index is 2.80. The van der Waals surface area contributed by atoms with Crippen LogP contribution in [0.15, 0.2) is 12.1 Å². The number of carboxylic acid groups (broad SMARTS) is 1. The minimum Gasteiger partial charge on any atom is -0.477 e. The Morgan fingerprint density at radius 3 is 2.22 bits per heavy atom. The van der Waals surface area contributed by atoms with Gasteiger partial charge in [-0.25, -0.2) is 4.79 Å². The molecule has 4 N–H and O–H groups in total. The smallest absolute Gasteiger partial charge is 0.345 e. The quantitative estimate of drug-likeness (QED) is 0.731. The summed E-state index contributed by atoms with van der Waals surface area (Å²) in [5.74, 6) is -2.34. The number of nitrogens with two attached hydrogens (primary N) is 1. The van der Waals surface area contributed by atoms with Crippen LogP contribution in [0.4, 0.5) is 0 Å². The first-order valence-corrected chi connectivity index (χ1v) is 6.08. The lowest BCUT2D eigenvalue weighted by Gasteiger charge is -2.18. The van der Waals surface area contributed by atoms with Crippen LogP contribution in [0.2, 0.25) is 0 Å². The van der Waals surface area contributed by atoms with E-state index in [4.69, 9.17) is 10.8 Å². The third kappa shape index (κ3) is 3.30. The van der Waals surface area contributed by atoms with Crippen molar-refractivity contribution in [3.05, 3.63) is 21.9 Å². The second-order valence-electron chi connectivity index (χ2n) is 4.07. The van der Waals surface area contributed by atoms with Crippen LogP contribution in [-0.4, -0.2) is 28.9 Å². The molecule has 1 unspecified atom stereocenters. The molecule has 0 fully saturated rings. The minimum absolute atomic E-state index is 0.0697. The van der Waals surface area contributed by atoms with E-state index in [0.29, 0.717) is 0 Å². The van der Waals surface area contributed by atoms with Gasteiger partial charge in [0.25, 0.3) is 5.91 Å². The van der Waals surface area contributed by atoms with E-state index in [9.17, 15) is 14.4 Å². The SMILES string of the molecule is CC(C)C(NC(=O)c1ccc(C(=O)O)s1)C(N)=O. The number of hydrogen-bond acceptors (Lipinski definition) is 4. The van der Waals surface area contributed by atoms with E-state index in [0.717, 1.165) is 11.3 Å². The maximum absolute atomic E-state index is 11.8. The molecule has 6 nitrogen and oxygen atoms in total. The number of carbonyl (C=O) groups excluding carboxylic acids is 2. The fourth-order valence-electron chi connectivity index (χ4n) is 1.35. The second kappa shape index (κ2) is 5.63. The largest absolute Gasteiger partial charge is 0.477 e. The van der Waals surface area contributed by atoms with Gasteiger partial charge in [-0.1, -0.05) is 13.8 Å². The van der Waals surface area contributed by atoms with Gasteiger partial charge >= 0.3 is 5.97 Å². The van der Waals surface area contributed by atoms with E-state index in [1.54, 1.807) is 13.8 Å². The van der Waals surface area contributed by atoms with Gasteiger partial charge in [0.1, 0.15) is 10.9 Å². The van der Waals surface area contributed by atoms with Gasteiger partial charge in [0.05, 0.1) is 4.88 Å². The van der Waals surface area contributed by atoms with Crippen molar-refractivity contribution in [3.63, 3.8) is 0 Å². The molecule has 1 rings (SSSR count). The Morgan fingerprint density at radius 1 is 1.28 bits per heavy atom. The summed E-state index contributed by atoms with van der Waals surface area (Å²) in [6.07, 6.45) is 0. The van der Waals surface area contributed by atoms with Crippen molar-refractivity contribution < 1.29 is 19.5 Å². The molecule has 18 heavy (non-hydrogen) atoms. The number of amides is 2. The number of rotatable bonds is 5. The molecule has 0 spiro atoms. The van der Waals surface area contributed by atoms with Crippen molar-refractivity contribution in [2.45, 2.75) is 19.9 Å². The lowest BCUT2D eigenvalue weighted by Crippen LogP contribution is -2.47. The monoisotopic (exact) mass is 270 g/mol. The van der Waals surface area contributed by atoms with Crippen LogP contribution in [0.25, 0.3) is 0 Å². The molecular formula is C11H14N2O4S. The molecule has 1 aromatic heterocycles. The van der Waals surface area contributed by atoms with Gasteiger partial charge in [0, 0.05) is 0 Å². The third-order valence-corrected chi connectivity index (χ3v) is 3.37. The van der Waals surface area contributed by atoms with E-state index < -0.39 is 23.8 Å². The fraction of sp³-hybridized carbons (Fsp3) is 0.364. The summed E-state index contributed by atoms with van der Waals surface area (Å²) in [5, 5.41) is 11.2. The number of nitrogens with one attached hydrogen (secondary N) is 1. The maximum atomic E-state index is 11.8. The summed E-state index contributed by atoms with van der Waals surface area (Å²) in [4.78, 5) is 33.9. The standard InChI is InChI=1S/C11H14N2O4S/c1-5(2)8(9(12)14)13-10(15)6-3-4-7(18-6)11(16)17/h3-5,8H,1-2H3,(H2,12,14)(H,13,15)(H,16,17). The summed E-state index contributed by atoms with van der Waals surface area (Å²) in [6.45, 7) is 3.51. The summed E-state index contributed by atoms with van der Waals surface area (Å²) < 4.78 is 0. The molecular weight excluding hydrogens is 256 g/mol. The molecule has 7 heteroatoms. The van der Waals surface area contributed by atoms with Gasteiger partial charge in [-0.05, 0) is 18.1 Å². The van der Waals surface area contributed by atoms with Gasteiger partial charge < -0.3 is 16.2 Å². The zero-order valence-electron chi connectivity index (χ0n) is 9.97. The first-order valence-electron chi connectivity index (χ1n) is 5.26. The van der Waals surface area contributed by atoms with Crippen molar-refractivity contribution in [2.75, 3.05) is 0 Å². The Bertz CT molecular complexity index is 481. The molecule has 0 aliphatic heterocycles. The normalized spacial score (nSPS) is 12.2. The molecule has 1 atom stereocenters. The van der Waals surface area contributed by atoms with Gasteiger partial charge in [0.2, 0.25) is 5.91 Å². The van der Waals surface area contributed by atoms with Crippen LogP contribution in [0.1, 0.15) is 33.2 Å². The van der Waals surface area contributed by atoms with Crippen molar-refractivity contribution in [1.29, 1.82) is 0 Å². The van der Waals surface area contributed by atoms with Crippen LogP contribution in [0, 0.1) is 5.92 Å². The fourth-order valence-corrected chi connectivity index (χ4v) is 2.10. The van der Waals surface area contributed by atoms with E-state index in [-0.39, 0.29) is 15.7 Å². The molecule has 98 valence electrons. The van der Waals surface area contributed by atoms with Gasteiger partial charge in [-0.15, -0.1) is 11.3 Å². The van der Waals surface area contributed by atoms with Crippen molar-refractivity contribution in [1.82, 2.24) is 5.32 Å². The van der Waals surface area contributed by atoms with E-state index >= 15 is 0 Å². The molecule has 0 saturated carbocycles. The first kappa shape index (κ1) is 14.2. The van der Waals surface area contributed by atoms with Crippen molar-refractivity contribution in [3.8, 4) is 0 Å². The number of primary amides is 1. The van der Waals surface area contributed by atoms with Crippen molar-refractivity contribution in [2.24, 2.45) is 11.7 Å². The number of carbonyl (C=O) groups is 3. The van der Waals surface area contributed by atoms with Crippen LogP contribution >= 0.6 is 11.3 Å². The summed E-state index contributed by atoms with van der Waals surface area (Å²) >= 11 is 0.851. The lowest BCUT2D eigenvalue weighted by atomic mass is 10.0. The lowest BCUT2D eigenvalue weighted by molar-refractivity contribution is -0.120. The van der Waals surface area contributed by atoms with E-state index in [2.05, 4.69) is 5.32 Å². The van der Waals surface area contributed by atoms with Crippen LogP contribution < -0.4 is 11.1 Å². The van der Waals surface area contributed by atoms with Gasteiger partial charge in [-0.2, -0.15) is 0 Å². The Hall–Kier alpha value is -1.89. The van der Waals surface area contributed by atoms with E-state index in [1.165, 1.54) is 12.1 Å². The molecule has 0 aliphatic carbocycles. The van der Waals surface area contributed by atoms with Gasteiger partial charge in [-0.3, -0.25) is 9.59 Å². The number of hydrogen-bond donors (Lipinski definition) is 3. The predicted octanol–water partition coefficient (Wildman–Crippen LogP) is 0.686. The number of aromatic carboxylic acids is 1. The van der Waals surface area contributed by atoms with Crippen LogP contribution in [-0.2, 0) is 4.79 Å². The zero-order valence-corrected chi connectivity index (χ0v) is 10.8. The molecule has 0 bridgehead atoms. The van der Waals surface area contributed by atoms with Crippen LogP contribution in [0.3, 0.4) is 0 Å². The summed E-state index contributed by atoms with van der Waals surface area (Å²) in [6, 6.07) is 1.98. The Kier molecular flexibility index (Phi) is 4.43. The molecule has 0 radical (unpaired) electrons. The van der Waals surface area contributed by atoms with E-state index in [1.807, 2.05) is 0 Å². The molecule has 0 aliphatic rings. The second-order valence-corrected chi connectivity index (χ2v) is 5.15. The molecule has 0 aromatic carbocycles. The topological polar surface area (TPSA) is 109 Å². The molecule has 0 saturated heterocycles. The molecule has 1 aromatic rings. The molecule has 2 amide bonds. The van der Waals surface area contributed by atoms with Crippen LogP contribution in [0.5, 0.6) is 0 Å². The highest BCUT2D eigenvalue weighted by Gasteiger charge is 2.23. The minimum atomic E-state index is -1.09.